The Morgan fingerprint density at radius 1 is 1.17 bits per heavy atom. The molecule has 2 aromatic rings. The Morgan fingerprint density at radius 3 is 2.70 bits per heavy atom. The second-order valence-corrected chi connectivity index (χ2v) is 4.82. The van der Waals surface area contributed by atoms with E-state index in [4.69, 9.17) is 4.74 Å². The number of hydrogen-bond donors (Lipinski definition) is 2. The average Bonchev–Trinajstić information content (AvgIpc) is 2.57. The summed E-state index contributed by atoms with van der Waals surface area (Å²) in [6.07, 6.45) is 3.58. The van der Waals surface area contributed by atoms with E-state index < -0.39 is 0 Å². The SMILES string of the molecule is COc1ccccc1CCNC(=O)N/C=C/c1ccccc1F. The van der Waals surface area contributed by atoms with Gasteiger partial charge in [0.2, 0.25) is 0 Å². The van der Waals surface area contributed by atoms with Gasteiger partial charge >= 0.3 is 6.03 Å². The summed E-state index contributed by atoms with van der Waals surface area (Å²) in [5, 5.41) is 5.28. The van der Waals surface area contributed by atoms with Crippen molar-refractivity contribution >= 4 is 12.1 Å². The van der Waals surface area contributed by atoms with Crippen LogP contribution in [0.4, 0.5) is 9.18 Å². The second-order valence-electron chi connectivity index (χ2n) is 4.82. The smallest absolute Gasteiger partial charge is 0.318 e. The van der Waals surface area contributed by atoms with Gasteiger partial charge in [-0.1, -0.05) is 36.4 Å². The minimum absolute atomic E-state index is 0.331. The fourth-order valence-electron chi connectivity index (χ4n) is 2.09. The van der Waals surface area contributed by atoms with Gasteiger partial charge < -0.3 is 15.4 Å². The molecule has 0 fully saturated rings. The van der Waals surface area contributed by atoms with Gasteiger partial charge in [0.1, 0.15) is 11.6 Å². The summed E-state index contributed by atoms with van der Waals surface area (Å²) in [7, 11) is 1.62. The highest BCUT2D eigenvalue weighted by Gasteiger charge is 2.02. The zero-order valence-electron chi connectivity index (χ0n) is 12.9. The van der Waals surface area contributed by atoms with Crippen molar-refractivity contribution in [2.24, 2.45) is 0 Å². The molecule has 0 heterocycles. The van der Waals surface area contributed by atoms with Crippen molar-refractivity contribution in [1.82, 2.24) is 10.6 Å². The maximum Gasteiger partial charge on any atom is 0.318 e. The van der Waals surface area contributed by atoms with E-state index in [1.54, 1.807) is 25.3 Å². The molecule has 120 valence electrons. The van der Waals surface area contributed by atoms with Crippen molar-refractivity contribution in [3.8, 4) is 5.75 Å². The largest absolute Gasteiger partial charge is 0.496 e. The Labute approximate surface area is 135 Å². The maximum atomic E-state index is 13.4. The number of carbonyl (C=O) groups excluding carboxylic acids is 1. The highest BCUT2D eigenvalue weighted by Crippen LogP contribution is 2.17. The topological polar surface area (TPSA) is 50.4 Å². The minimum atomic E-state index is -0.340. The lowest BCUT2D eigenvalue weighted by Crippen LogP contribution is -2.33. The molecule has 23 heavy (non-hydrogen) atoms. The first kappa shape index (κ1) is 16.5. The zero-order valence-corrected chi connectivity index (χ0v) is 12.9. The third kappa shape index (κ3) is 5.14. The van der Waals surface area contributed by atoms with Gasteiger partial charge in [0, 0.05) is 18.3 Å². The lowest BCUT2D eigenvalue weighted by atomic mass is 10.1. The van der Waals surface area contributed by atoms with Crippen LogP contribution in [-0.2, 0) is 6.42 Å². The van der Waals surface area contributed by atoms with E-state index in [1.165, 1.54) is 18.3 Å². The average molecular weight is 314 g/mol. The predicted molar refractivity (Wildman–Crippen MR) is 88.7 cm³/mol. The quantitative estimate of drug-likeness (QED) is 0.859. The molecular weight excluding hydrogens is 295 g/mol. The van der Waals surface area contributed by atoms with Gasteiger partial charge in [-0.15, -0.1) is 0 Å². The van der Waals surface area contributed by atoms with Crippen LogP contribution in [0.1, 0.15) is 11.1 Å². The molecular formula is C18H19FN2O2. The molecule has 5 heteroatoms. The number of ether oxygens (including phenoxy) is 1. The molecule has 0 aliphatic carbocycles. The fourth-order valence-corrected chi connectivity index (χ4v) is 2.09. The van der Waals surface area contributed by atoms with Crippen LogP contribution in [0.25, 0.3) is 6.08 Å². The van der Waals surface area contributed by atoms with E-state index in [9.17, 15) is 9.18 Å². The summed E-state index contributed by atoms with van der Waals surface area (Å²) in [5.41, 5.74) is 1.44. The van der Waals surface area contributed by atoms with Crippen molar-refractivity contribution in [2.75, 3.05) is 13.7 Å². The molecule has 0 aromatic heterocycles. The minimum Gasteiger partial charge on any atom is -0.496 e. The summed E-state index contributed by atoms with van der Waals surface area (Å²) in [4.78, 5) is 11.7. The Kier molecular flexibility index (Phi) is 6.17. The molecule has 0 bridgehead atoms. The highest BCUT2D eigenvalue weighted by atomic mass is 19.1. The summed E-state index contributed by atoms with van der Waals surface area (Å²) < 4.78 is 18.6. The Hall–Kier alpha value is -2.82. The van der Waals surface area contributed by atoms with Crippen molar-refractivity contribution in [2.45, 2.75) is 6.42 Å². The number of methoxy groups -OCH3 is 1. The second kappa shape index (κ2) is 8.58. The van der Waals surface area contributed by atoms with Gasteiger partial charge in [0.05, 0.1) is 7.11 Å². The molecule has 0 unspecified atom stereocenters. The highest BCUT2D eigenvalue weighted by molar-refractivity contribution is 5.75. The standard InChI is InChI=1S/C18H19FN2O2/c1-23-17-9-5-3-7-15(17)11-13-21-18(22)20-12-10-14-6-2-4-8-16(14)19/h2-10,12H,11,13H2,1H3,(H2,20,21,22)/b12-10+. The summed E-state index contributed by atoms with van der Waals surface area (Å²) in [5.74, 6) is 0.469. The Balaban J connectivity index is 1.76. The summed E-state index contributed by atoms with van der Waals surface area (Å²) in [6.45, 7) is 0.472. The lowest BCUT2D eigenvalue weighted by Gasteiger charge is -2.08. The molecule has 0 aliphatic heterocycles. The number of rotatable bonds is 6. The van der Waals surface area contributed by atoms with E-state index in [0.717, 1.165) is 11.3 Å². The number of hydrogen-bond acceptors (Lipinski definition) is 2. The van der Waals surface area contributed by atoms with Crippen LogP contribution < -0.4 is 15.4 Å². The van der Waals surface area contributed by atoms with Crippen molar-refractivity contribution in [1.29, 1.82) is 0 Å². The van der Waals surface area contributed by atoms with Gasteiger partial charge in [-0.3, -0.25) is 0 Å². The van der Waals surface area contributed by atoms with E-state index in [-0.39, 0.29) is 11.8 Å². The molecule has 2 rings (SSSR count). The van der Waals surface area contributed by atoms with E-state index in [2.05, 4.69) is 10.6 Å². The molecule has 0 spiro atoms. The number of carbonyl (C=O) groups is 1. The molecule has 4 nitrogen and oxygen atoms in total. The Morgan fingerprint density at radius 2 is 1.91 bits per heavy atom. The number of urea groups is 1. The van der Waals surface area contributed by atoms with Gasteiger partial charge in [0.15, 0.2) is 0 Å². The maximum absolute atomic E-state index is 13.4. The zero-order chi connectivity index (χ0) is 16.5. The fraction of sp³-hybridized carbons (Fsp3) is 0.167. The van der Waals surface area contributed by atoms with Gasteiger partial charge in [-0.25, -0.2) is 9.18 Å². The van der Waals surface area contributed by atoms with Crippen LogP contribution in [-0.4, -0.2) is 19.7 Å². The summed E-state index contributed by atoms with van der Waals surface area (Å²) >= 11 is 0. The van der Waals surface area contributed by atoms with Crippen LogP contribution in [0.3, 0.4) is 0 Å². The molecule has 2 aromatic carbocycles. The molecule has 0 aliphatic rings. The number of halogens is 1. The number of benzene rings is 2. The summed E-state index contributed by atoms with van der Waals surface area (Å²) in [6, 6.07) is 13.7. The first-order valence-electron chi connectivity index (χ1n) is 7.28. The Bertz CT molecular complexity index is 686. The predicted octanol–water partition coefficient (Wildman–Crippen LogP) is 3.35. The van der Waals surface area contributed by atoms with E-state index in [1.807, 2.05) is 24.3 Å². The van der Waals surface area contributed by atoms with Crippen molar-refractivity contribution < 1.29 is 13.9 Å². The monoisotopic (exact) mass is 314 g/mol. The lowest BCUT2D eigenvalue weighted by molar-refractivity contribution is 0.244. The van der Waals surface area contributed by atoms with Crippen LogP contribution in [0.5, 0.6) is 5.75 Å². The third-order valence-electron chi connectivity index (χ3n) is 3.25. The molecule has 0 radical (unpaired) electrons. The van der Waals surface area contributed by atoms with Gasteiger partial charge in [-0.2, -0.15) is 0 Å². The van der Waals surface area contributed by atoms with Crippen LogP contribution in [0.15, 0.2) is 54.7 Å². The first-order valence-corrected chi connectivity index (χ1v) is 7.28. The van der Waals surface area contributed by atoms with E-state index in [0.29, 0.717) is 18.5 Å². The normalized spacial score (nSPS) is 10.5. The number of para-hydroxylation sites is 1. The van der Waals surface area contributed by atoms with Crippen LogP contribution in [0, 0.1) is 5.82 Å². The van der Waals surface area contributed by atoms with Crippen molar-refractivity contribution in [3.63, 3.8) is 0 Å². The van der Waals surface area contributed by atoms with Crippen LogP contribution in [0.2, 0.25) is 0 Å². The van der Waals surface area contributed by atoms with Gasteiger partial charge in [-0.05, 0) is 30.2 Å². The molecule has 0 atom stereocenters. The number of nitrogens with one attached hydrogen (secondary N) is 2. The molecule has 0 saturated carbocycles. The van der Waals surface area contributed by atoms with E-state index >= 15 is 0 Å². The van der Waals surface area contributed by atoms with Crippen molar-refractivity contribution in [3.05, 3.63) is 71.7 Å². The van der Waals surface area contributed by atoms with Crippen LogP contribution >= 0.6 is 0 Å². The van der Waals surface area contributed by atoms with Gasteiger partial charge in [0.25, 0.3) is 0 Å². The molecule has 2 N–H and O–H groups in total. The first-order chi connectivity index (χ1) is 11.2. The molecule has 2 amide bonds. The third-order valence-corrected chi connectivity index (χ3v) is 3.25. The number of amides is 2. The molecule has 0 saturated heterocycles.